The third-order valence-electron chi connectivity index (χ3n) is 7.18. The fraction of sp³-hybridized carbons (Fsp3) is 0.219. The van der Waals surface area contributed by atoms with Crippen molar-refractivity contribution >= 4 is 22.9 Å². The monoisotopic (exact) mass is 501 g/mol. The van der Waals surface area contributed by atoms with Gasteiger partial charge in [0.05, 0.1) is 17.6 Å². The van der Waals surface area contributed by atoms with E-state index in [1.165, 1.54) is 18.4 Å². The number of hydrogen-bond acceptors (Lipinski definition) is 5. The number of carbonyl (C=O) groups excluding carboxylic acids is 1. The second-order valence-electron chi connectivity index (χ2n) is 10.1. The average molecular weight is 502 g/mol. The molecule has 1 amide bonds. The first-order chi connectivity index (χ1) is 18.6. The highest BCUT2D eigenvalue weighted by molar-refractivity contribution is 6.27. The van der Waals surface area contributed by atoms with Crippen molar-refractivity contribution in [2.75, 3.05) is 23.7 Å². The molecule has 2 aliphatic rings. The summed E-state index contributed by atoms with van der Waals surface area (Å²) >= 11 is 0. The molecule has 6 rings (SSSR count). The zero-order valence-corrected chi connectivity index (χ0v) is 21.5. The van der Waals surface area contributed by atoms with Gasteiger partial charge in [-0.3, -0.25) is 19.7 Å². The van der Waals surface area contributed by atoms with Crippen LogP contribution in [0.25, 0.3) is 28.0 Å². The summed E-state index contributed by atoms with van der Waals surface area (Å²) in [6.07, 6.45) is 10.1. The molecule has 0 bridgehead atoms. The van der Waals surface area contributed by atoms with Crippen LogP contribution in [-0.2, 0) is 11.3 Å². The molecule has 1 fully saturated rings. The largest absolute Gasteiger partial charge is 0.379 e. The van der Waals surface area contributed by atoms with Crippen LogP contribution in [0.15, 0.2) is 91.4 Å². The van der Waals surface area contributed by atoms with Gasteiger partial charge in [-0.2, -0.15) is 0 Å². The molecule has 6 heteroatoms. The molecule has 1 unspecified atom stereocenters. The highest BCUT2D eigenvalue weighted by Crippen LogP contribution is 2.34. The number of rotatable bonds is 6. The van der Waals surface area contributed by atoms with Gasteiger partial charge in [0.1, 0.15) is 0 Å². The SMILES string of the molecule is CC1C=C(C(=O)Nc2ccc(-c3ccccc3)nc2)c2cc(-c3cncc(CN4CCCC4)c3)ccc2N1. The van der Waals surface area contributed by atoms with Gasteiger partial charge in [-0.1, -0.05) is 36.4 Å². The van der Waals surface area contributed by atoms with Gasteiger partial charge < -0.3 is 10.6 Å². The molecule has 1 saturated heterocycles. The van der Waals surface area contributed by atoms with E-state index >= 15 is 0 Å². The molecule has 6 nitrogen and oxygen atoms in total. The lowest BCUT2D eigenvalue weighted by Gasteiger charge is -2.24. The van der Waals surface area contributed by atoms with Crippen LogP contribution >= 0.6 is 0 Å². The van der Waals surface area contributed by atoms with Crippen LogP contribution in [0.2, 0.25) is 0 Å². The Kier molecular flexibility index (Phi) is 6.71. The normalized spacial score (nSPS) is 16.9. The lowest BCUT2D eigenvalue weighted by Crippen LogP contribution is -2.23. The molecule has 38 heavy (non-hydrogen) atoms. The van der Waals surface area contributed by atoms with Gasteiger partial charge in [0, 0.05) is 52.9 Å². The van der Waals surface area contributed by atoms with Crippen LogP contribution in [0.3, 0.4) is 0 Å². The van der Waals surface area contributed by atoms with Gasteiger partial charge in [0.2, 0.25) is 0 Å². The third-order valence-corrected chi connectivity index (χ3v) is 7.18. The van der Waals surface area contributed by atoms with E-state index in [4.69, 9.17) is 0 Å². The Morgan fingerprint density at radius 2 is 1.79 bits per heavy atom. The number of pyridine rings is 2. The number of aromatic nitrogens is 2. The molecule has 2 aromatic heterocycles. The van der Waals surface area contributed by atoms with E-state index in [1.807, 2.05) is 67.9 Å². The Morgan fingerprint density at radius 1 is 0.947 bits per heavy atom. The van der Waals surface area contributed by atoms with Crippen molar-refractivity contribution in [3.05, 3.63) is 103 Å². The summed E-state index contributed by atoms with van der Waals surface area (Å²) in [6.45, 7) is 5.28. The lowest BCUT2D eigenvalue weighted by atomic mass is 9.93. The minimum atomic E-state index is -0.146. The number of benzene rings is 2. The van der Waals surface area contributed by atoms with Crippen molar-refractivity contribution in [2.45, 2.75) is 32.4 Å². The average Bonchev–Trinajstić information content (AvgIpc) is 3.46. The van der Waals surface area contributed by atoms with Crippen LogP contribution in [0.4, 0.5) is 11.4 Å². The number of anilines is 2. The molecule has 0 saturated carbocycles. The summed E-state index contributed by atoms with van der Waals surface area (Å²) < 4.78 is 0. The fourth-order valence-electron chi connectivity index (χ4n) is 5.27. The molecule has 1 atom stereocenters. The van der Waals surface area contributed by atoms with Crippen LogP contribution in [0.5, 0.6) is 0 Å². The van der Waals surface area contributed by atoms with Crippen molar-refractivity contribution in [3.8, 4) is 22.4 Å². The number of nitrogens with one attached hydrogen (secondary N) is 2. The topological polar surface area (TPSA) is 70.2 Å². The maximum Gasteiger partial charge on any atom is 0.256 e. The van der Waals surface area contributed by atoms with E-state index in [-0.39, 0.29) is 11.9 Å². The van der Waals surface area contributed by atoms with Crippen molar-refractivity contribution in [1.82, 2.24) is 14.9 Å². The number of likely N-dealkylation sites (tertiary alicyclic amines) is 1. The Balaban J connectivity index is 1.24. The van der Waals surface area contributed by atoms with Crippen LogP contribution < -0.4 is 10.6 Å². The first kappa shape index (κ1) is 24.1. The molecule has 2 aromatic carbocycles. The fourth-order valence-corrected chi connectivity index (χ4v) is 5.27. The van der Waals surface area contributed by atoms with Crippen LogP contribution in [0, 0.1) is 0 Å². The molecule has 0 aliphatic carbocycles. The molecule has 2 N–H and O–H groups in total. The van der Waals surface area contributed by atoms with E-state index in [2.05, 4.69) is 49.8 Å². The summed E-state index contributed by atoms with van der Waals surface area (Å²) in [5, 5.41) is 6.53. The van der Waals surface area contributed by atoms with E-state index in [0.29, 0.717) is 11.3 Å². The van der Waals surface area contributed by atoms with Crippen molar-refractivity contribution < 1.29 is 4.79 Å². The van der Waals surface area contributed by atoms with E-state index in [1.54, 1.807) is 6.20 Å². The lowest BCUT2D eigenvalue weighted by molar-refractivity contribution is -0.111. The van der Waals surface area contributed by atoms with Gasteiger partial charge in [0.25, 0.3) is 5.91 Å². The summed E-state index contributed by atoms with van der Waals surface area (Å²) in [6, 6.07) is 22.3. The quantitative estimate of drug-likeness (QED) is 0.327. The Bertz CT molecular complexity index is 1470. The summed E-state index contributed by atoms with van der Waals surface area (Å²) in [7, 11) is 0. The Labute approximate surface area is 223 Å². The second-order valence-corrected chi connectivity index (χ2v) is 10.1. The van der Waals surface area contributed by atoms with E-state index < -0.39 is 0 Å². The van der Waals surface area contributed by atoms with Gasteiger partial charge in [-0.05, 0) is 80.4 Å². The Morgan fingerprint density at radius 3 is 2.58 bits per heavy atom. The minimum Gasteiger partial charge on any atom is -0.379 e. The number of nitrogens with zero attached hydrogens (tertiary/aromatic N) is 3. The van der Waals surface area contributed by atoms with Crippen molar-refractivity contribution in [1.29, 1.82) is 0 Å². The number of amides is 1. The van der Waals surface area contributed by atoms with E-state index in [9.17, 15) is 4.79 Å². The maximum atomic E-state index is 13.5. The molecule has 190 valence electrons. The summed E-state index contributed by atoms with van der Waals surface area (Å²) in [5.41, 5.74) is 8.39. The van der Waals surface area contributed by atoms with Gasteiger partial charge >= 0.3 is 0 Å². The molecular weight excluding hydrogens is 470 g/mol. The van der Waals surface area contributed by atoms with Crippen LogP contribution in [-0.4, -0.2) is 39.9 Å². The predicted molar refractivity (Wildman–Crippen MR) is 154 cm³/mol. The molecule has 2 aliphatic heterocycles. The standard InChI is InChI=1S/C32H31N5O/c1-22-15-29(32(38)36-27-10-12-30(34-20-27)24-7-3-2-4-8-24)28-17-25(9-11-31(28)35-22)26-16-23(18-33-19-26)21-37-13-5-6-14-37/h2-4,7-12,15-20,22,35H,5-6,13-14,21H2,1H3,(H,36,38). The van der Waals surface area contributed by atoms with Crippen molar-refractivity contribution in [2.24, 2.45) is 0 Å². The highest BCUT2D eigenvalue weighted by Gasteiger charge is 2.23. The zero-order chi connectivity index (χ0) is 25.9. The number of fused-ring (bicyclic) bond motifs is 1. The van der Waals surface area contributed by atoms with Crippen LogP contribution in [0.1, 0.15) is 30.9 Å². The Hall–Kier alpha value is -4.29. The van der Waals surface area contributed by atoms with E-state index in [0.717, 1.165) is 53.3 Å². The smallest absolute Gasteiger partial charge is 0.256 e. The van der Waals surface area contributed by atoms with Gasteiger partial charge in [0.15, 0.2) is 0 Å². The molecular formula is C32H31N5O. The second kappa shape index (κ2) is 10.6. The molecule has 0 spiro atoms. The first-order valence-corrected chi connectivity index (χ1v) is 13.2. The molecule has 0 radical (unpaired) electrons. The van der Waals surface area contributed by atoms with Gasteiger partial charge in [-0.15, -0.1) is 0 Å². The highest BCUT2D eigenvalue weighted by atomic mass is 16.1. The number of hydrogen-bond donors (Lipinski definition) is 2. The maximum absolute atomic E-state index is 13.5. The minimum absolute atomic E-state index is 0.0399. The summed E-state index contributed by atoms with van der Waals surface area (Å²) in [5.74, 6) is -0.146. The van der Waals surface area contributed by atoms with Gasteiger partial charge in [-0.25, -0.2) is 0 Å². The zero-order valence-electron chi connectivity index (χ0n) is 21.5. The summed E-state index contributed by atoms with van der Waals surface area (Å²) in [4.78, 5) is 25.0. The number of carbonyl (C=O) groups is 1. The molecule has 4 aromatic rings. The molecule has 4 heterocycles. The third kappa shape index (κ3) is 5.22. The van der Waals surface area contributed by atoms with Crippen molar-refractivity contribution in [3.63, 3.8) is 0 Å². The first-order valence-electron chi connectivity index (χ1n) is 13.2. The predicted octanol–water partition coefficient (Wildman–Crippen LogP) is 6.24.